The van der Waals surface area contributed by atoms with Crippen LogP contribution in [0, 0.1) is 0 Å². The van der Waals surface area contributed by atoms with Crippen LogP contribution in [0.15, 0.2) is 29.2 Å². The lowest BCUT2D eigenvalue weighted by Gasteiger charge is -2.23. The molecule has 0 radical (unpaired) electrons. The quantitative estimate of drug-likeness (QED) is 0.779. The zero-order chi connectivity index (χ0) is 12.3. The van der Waals surface area contributed by atoms with Crippen molar-refractivity contribution in [1.29, 1.82) is 0 Å². The molecule has 0 amide bonds. The van der Waals surface area contributed by atoms with Gasteiger partial charge < -0.3 is 9.47 Å². The fourth-order valence-corrected chi connectivity index (χ4v) is 2.13. The molecule has 0 saturated carbocycles. The van der Waals surface area contributed by atoms with Gasteiger partial charge in [0, 0.05) is 12.8 Å². The van der Waals surface area contributed by atoms with Gasteiger partial charge in [0.15, 0.2) is 0 Å². The molecule has 0 aromatic heterocycles. The Balaban J connectivity index is 2.03. The summed E-state index contributed by atoms with van der Waals surface area (Å²) >= 11 is 0. The van der Waals surface area contributed by atoms with E-state index < -0.39 is 10.2 Å². The monoisotopic (exact) mass is 260 g/mol. The minimum Gasteiger partial charge on any atom is -0.490 e. The average Bonchev–Trinajstić information content (AvgIpc) is 2.30. The minimum absolute atomic E-state index is 0.0802. The van der Waals surface area contributed by atoms with Gasteiger partial charge in [-0.3, -0.25) is 0 Å². The maximum Gasteiger partial charge on any atom is 0.332 e. The van der Waals surface area contributed by atoms with Gasteiger partial charge >= 0.3 is 10.2 Å². The molecule has 17 heavy (non-hydrogen) atoms. The van der Waals surface area contributed by atoms with Crippen LogP contribution in [0.3, 0.4) is 0 Å². The summed E-state index contributed by atoms with van der Waals surface area (Å²) < 4.78 is 44.7. The molecule has 4 nitrogen and oxygen atoms in total. The number of hydrogen-bond donors (Lipinski definition) is 0. The van der Waals surface area contributed by atoms with E-state index in [4.69, 9.17) is 9.47 Å². The van der Waals surface area contributed by atoms with Crippen LogP contribution < -0.4 is 4.74 Å². The molecule has 1 aliphatic rings. The van der Waals surface area contributed by atoms with Crippen molar-refractivity contribution in [2.24, 2.45) is 0 Å². The standard InChI is InChI=1S/C11H13FO4S/c12-17(13,14)11-3-1-9(2-4-11)16-10-5-7-15-8-6-10/h1-4,10H,5-8H2. The van der Waals surface area contributed by atoms with Crippen molar-refractivity contribution >= 4 is 10.2 Å². The summed E-state index contributed by atoms with van der Waals surface area (Å²) in [5.41, 5.74) is 0. The van der Waals surface area contributed by atoms with E-state index in [0.29, 0.717) is 19.0 Å². The van der Waals surface area contributed by atoms with Gasteiger partial charge in [0.1, 0.15) is 11.9 Å². The van der Waals surface area contributed by atoms with Gasteiger partial charge in [0.25, 0.3) is 0 Å². The number of benzene rings is 1. The van der Waals surface area contributed by atoms with Crippen LogP contribution in [0.4, 0.5) is 3.89 Å². The van der Waals surface area contributed by atoms with Gasteiger partial charge in [-0.25, -0.2) is 0 Å². The molecule has 1 saturated heterocycles. The van der Waals surface area contributed by atoms with Gasteiger partial charge in [0.05, 0.1) is 18.1 Å². The van der Waals surface area contributed by atoms with Crippen molar-refractivity contribution in [1.82, 2.24) is 0 Å². The summed E-state index contributed by atoms with van der Waals surface area (Å²) in [7, 11) is -4.63. The third kappa shape index (κ3) is 3.41. The molecule has 6 heteroatoms. The molecule has 0 bridgehead atoms. The summed E-state index contributed by atoms with van der Waals surface area (Å²) in [5.74, 6) is 0.546. The molecule has 0 aliphatic carbocycles. The summed E-state index contributed by atoms with van der Waals surface area (Å²) in [4.78, 5) is -0.350. The molecule has 1 fully saturated rings. The Morgan fingerprint density at radius 1 is 1.18 bits per heavy atom. The first-order valence-corrected chi connectivity index (χ1v) is 6.73. The van der Waals surface area contributed by atoms with Gasteiger partial charge in [-0.05, 0) is 24.3 Å². The highest BCUT2D eigenvalue weighted by molar-refractivity contribution is 7.86. The first kappa shape index (κ1) is 12.3. The van der Waals surface area contributed by atoms with Gasteiger partial charge in [-0.1, -0.05) is 0 Å². The molecular weight excluding hydrogens is 247 g/mol. The molecule has 2 rings (SSSR count). The number of hydrogen-bond acceptors (Lipinski definition) is 4. The Hall–Kier alpha value is -1.14. The van der Waals surface area contributed by atoms with Gasteiger partial charge in [-0.15, -0.1) is 3.89 Å². The second kappa shape index (κ2) is 5.01. The highest BCUT2D eigenvalue weighted by Crippen LogP contribution is 2.21. The SMILES string of the molecule is O=S(=O)(F)c1ccc(OC2CCOCC2)cc1. The minimum atomic E-state index is -4.63. The van der Waals surface area contributed by atoms with Crippen LogP contribution in [0.1, 0.15) is 12.8 Å². The summed E-state index contributed by atoms with van der Waals surface area (Å²) in [5, 5.41) is 0. The highest BCUT2D eigenvalue weighted by Gasteiger charge is 2.16. The molecule has 1 heterocycles. The first-order chi connectivity index (χ1) is 8.05. The molecule has 0 unspecified atom stereocenters. The van der Waals surface area contributed by atoms with E-state index in [1.54, 1.807) is 0 Å². The second-order valence-corrected chi connectivity index (χ2v) is 5.19. The Kier molecular flexibility index (Phi) is 3.63. The van der Waals surface area contributed by atoms with E-state index in [-0.39, 0.29) is 11.0 Å². The Labute approximate surface area is 99.6 Å². The van der Waals surface area contributed by atoms with E-state index >= 15 is 0 Å². The molecule has 0 N–H and O–H groups in total. The number of halogens is 1. The zero-order valence-corrected chi connectivity index (χ0v) is 9.95. The first-order valence-electron chi connectivity index (χ1n) is 5.35. The molecule has 1 aromatic carbocycles. The number of rotatable bonds is 3. The van der Waals surface area contributed by atoms with Crippen molar-refractivity contribution < 1.29 is 21.8 Å². The third-order valence-corrected chi connectivity index (χ3v) is 3.41. The van der Waals surface area contributed by atoms with E-state index in [2.05, 4.69) is 0 Å². The lowest BCUT2D eigenvalue weighted by atomic mass is 10.1. The van der Waals surface area contributed by atoms with Crippen LogP contribution in [0.25, 0.3) is 0 Å². The number of ether oxygens (including phenoxy) is 2. The fourth-order valence-electron chi connectivity index (χ4n) is 1.67. The van der Waals surface area contributed by atoms with Crippen LogP contribution in [-0.4, -0.2) is 27.7 Å². The van der Waals surface area contributed by atoms with Crippen LogP contribution in [0.5, 0.6) is 5.75 Å². The molecule has 1 aliphatic heterocycles. The van der Waals surface area contributed by atoms with Crippen molar-refractivity contribution in [3.63, 3.8) is 0 Å². The summed E-state index contributed by atoms with van der Waals surface area (Å²) in [6.07, 6.45) is 1.70. The van der Waals surface area contributed by atoms with E-state index in [9.17, 15) is 12.3 Å². The van der Waals surface area contributed by atoms with Gasteiger partial charge in [0.2, 0.25) is 0 Å². The zero-order valence-electron chi connectivity index (χ0n) is 9.13. The Morgan fingerprint density at radius 3 is 2.29 bits per heavy atom. The van der Waals surface area contributed by atoms with Crippen molar-refractivity contribution in [3.05, 3.63) is 24.3 Å². The summed E-state index contributed by atoms with van der Waals surface area (Å²) in [6, 6.07) is 5.32. The van der Waals surface area contributed by atoms with Crippen molar-refractivity contribution in [2.75, 3.05) is 13.2 Å². The van der Waals surface area contributed by atoms with Crippen molar-refractivity contribution in [3.8, 4) is 5.75 Å². The lowest BCUT2D eigenvalue weighted by Crippen LogP contribution is -2.25. The lowest BCUT2D eigenvalue weighted by molar-refractivity contribution is 0.0255. The van der Waals surface area contributed by atoms with Crippen LogP contribution in [0.2, 0.25) is 0 Å². The normalized spacial score (nSPS) is 17.9. The van der Waals surface area contributed by atoms with Crippen LogP contribution in [-0.2, 0) is 15.0 Å². The van der Waals surface area contributed by atoms with E-state index in [1.807, 2.05) is 0 Å². The molecule has 1 aromatic rings. The van der Waals surface area contributed by atoms with Crippen molar-refractivity contribution in [2.45, 2.75) is 23.8 Å². The maximum atomic E-state index is 12.6. The molecular formula is C11H13FO4S. The predicted octanol–water partition coefficient (Wildman–Crippen LogP) is 1.90. The van der Waals surface area contributed by atoms with E-state index in [1.165, 1.54) is 24.3 Å². The topological polar surface area (TPSA) is 52.6 Å². The molecule has 94 valence electrons. The van der Waals surface area contributed by atoms with Crippen LogP contribution >= 0.6 is 0 Å². The predicted molar refractivity (Wildman–Crippen MR) is 59.2 cm³/mol. The largest absolute Gasteiger partial charge is 0.490 e. The summed E-state index contributed by atoms with van der Waals surface area (Å²) in [6.45, 7) is 1.34. The molecule has 0 spiro atoms. The smallest absolute Gasteiger partial charge is 0.332 e. The maximum absolute atomic E-state index is 12.6. The Morgan fingerprint density at radius 2 is 1.76 bits per heavy atom. The van der Waals surface area contributed by atoms with E-state index in [0.717, 1.165) is 12.8 Å². The van der Waals surface area contributed by atoms with Gasteiger partial charge in [-0.2, -0.15) is 8.42 Å². The Bertz CT molecular complexity index is 463. The molecule has 0 atom stereocenters. The highest BCUT2D eigenvalue weighted by atomic mass is 32.3. The third-order valence-electron chi connectivity index (χ3n) is 2.58. The fraction of sp³-hybridized carbons (Fsp3) is 0.455. The average molecular weight is 260 g/mol. The second-order valence-electron chi connectivity index (χ2n) is 3.84.